The average molecular weight is 435 g/mol. The predicted molar refractivity (Wildman–Crippen MR) is 117 cm³/mol. The summed E-state index contributed by atoms with van der Waals surface area (Å²) in [6.45, 7) is 8.95. The molecule has 1 unspecified atom stereocenters. The predicted octanol–water partition coefficient (Wildman–Crippen LogP) is 2.10. The maximum atomic E-state index is 13.1. The van der Waals surface area contributed by atoms with Crippen LogP contribution in [0.1, 0.15) is 26.7 Å². The van der Waals surface area contributed by atoms with Crippen molar-refractivity contribution in [3.8, 4) is 0 Å². The van der Waals surface area contributed by atoms with E-state index in [9.17, 15) is 14.4 Å². The summed E-state index contributed by atoms with van der Waals surface area (Å²) >= 11 is 5.94. The van der Waals surface area contributed by atoms with Crippen LogP contribution in [0.2, 0.25) is 5.02 Å². The molecule has 0 N–H and O–H groups in total. The average Bonchev–Trinajstić information content (AvgIpc) is 2.97. The second-order valence-corrected chi connectivity index (χ2v) is 8.34. The monoisotopic (exact) mass is 434 g/mol. The van der Waals surface area contributed by atoms with Crippen molar-refractivity contribution in [1.29, 1.82) is 0 Å². The van der Waals surface area contributed by atoms with Crippen molar-refractivity contribution in [2.24, 2.45) is 5.92 Å². The van der Waals surface area contributed by atoms with E-state index in [0.29, 0.717) is 50.8 Å². The summed E-state index contributed by atoms with van der Waals surface area (Å²) in [6, 6.07) is 7.12. The van der Waals surface area contributed by atoms with E-state index < -0.39 is 0 Å². The van der Waals surface area contributed by atoms with Crippen LogP contribution in [0.4, 0.5) is 5.69 Å². The highest BCUT2D eigenvalue weighted by atomic mass is 35.5. The lowest BCUT2D eigenvalue weighted by atomic mass is 10.1. The van der Waals surface area contributed by atoms with Crippen molar-refractivity contribution < 1.29 is 14.4 Å². The number of rotatable bonds is 6. The molecule has 2 heterocycles. The molecule has 2 saturated heterocycles. The normalized spacial score (nSPS) is 20.4. The summed E-state index contributed by atoms with van der Waals surface area (Å²) in [5, 5.41) is 0.617. The zero-order valence-corrected chi connectivity index (χ0v) is 18.6. The van der Waals surface area contributed by atoms with Crippen molar-refractivity contribution in [1.82, 2.24) is 14.7 Å². The summed E-state index contributed by atoms with van der Waals surface area (Å²) < 4.78 is 0. The lowest BCUT2D eigenvalue weighted by molar-refractivity contribution is -0.135. The van der Waals surface area contributed by atoms with Crippen LogP contribution < -0.4 is 4.90 Å². The maximum Gasteiger partial charge on any atom is 0.236 e. The summed E-state index contributed by atoms with van der Waals surface area (Å²) in [5.41, 5.74) is 0.775. The first-order valence-corrected chi connectivity index (χ1v) is 11.2. The van der Waals surface area contributed by atoms with E-state index in [1.165, 1.54) is 0 Å². The molecular formula is C22H31ClN4O3. The molecule has 2 fully saturated rings. The molecule has 2 aliphatic heterocycles. The molecule has 0 spiro atoms. The van der Waals surface area contributed by atoms with Crippen molar-refractivity contribution in [3.63, 3.8) is 0 Å². The van der Waals surface area contributed by atoms with Crippen LogP contribution in [0.25, 0.3) is 0 Å². The maximum absolute atomic E-state index is 13.1. The second kappa shape index (κ2) is 10.3. The molecule has 3 rings (SSSR count). The number of hydrogen-bond donors (Lipinski definition) is 0. The SMILES string of the molecule is CCN(CC)C(=O)CN1CCCN(C(=O)C2CC(=O)N(c3ccc(Cl)cc3)C2)CC1. The number of nitrogens with zero attached hydrogens (tertiary/aromatic N) is 4. The van der Waals surface area contributed by atoms with E-state index >= 15 is 0 Å². The minimum Gasteiger partial charge on any atom is -0.342 e. The van der Waals surface area contributed by atoms with Gasteiger partial charge in [0.1, 0.15) is 0 Å². The van der Waals surface area contributed by atoms with Gasteiger partial charge in [0.25, 0.3) is 0 Å². The molecule has 164 valence electrons. The Hall–Kier alpha value is -2.12. The highest BCUT2D eigenvalue weighted by Crippen LogP contribution is 2.27. The smallest absolute Gasteiger partial charge is 0.236 e. The Kier molecular flexibility index (Phi) is 7.72. The van der Waals surface area contributed by atoms with Gasteiger partial charge in [-0.1, -0.05) is 11.6 Å². The number of carbonyl (C=O) groups excluding carboxylic acids is 3. The lowest BCUT2D eigenvalue weighted by Crippen LogP contribution is -2.43. The van der Waals surface area contributed by atoms with E-state index in [4.69, 9.17) is 11.6 Å². The van der Waals surface area contributed by atoms with Gasteiger partial charge in [0.05, 0.1) is 12.5 Å². The molecule has 1 aromatic rings. The van der Waals surface area contributed by atoms with Gasteiger partial charge in [-0.15, -0.1) is 0 Å². The fourth-order valence-corrected chi connectivity index (χ4v) is 4.34. The summed E-state index contributed by atoms with van der Waals surface area (Å²) in [4.78, 5) is 45.5. The first-order valence-electron chi connectivity index (χ1n) is 10.8. The van der Waals surface area contributed by atoms with Gasteiger partial charge in [0, 0.05) is 62.9 Å². The van der Waals surface area contributed by atoms with Crippen LogP contribution in [0.15, 0.2) is 24.3 Å². The third-order valence-corrected chi connectivity index (χ3v) is 6.24. The number of benzene rings is 1. The zero-order valence-electron chi connectivity index (χ0n) is 17.8. The van der Waals surface area contributed by atoms with E-state index in [1.807, 2.05) is 35.8 Å². The molecule has 30 heavy (non-hydrogen) atoms. The molecule has 0 aromatic heterocycles. The Morgan fingerprint density at radius 3 is 2.43 bits per heavy atom. The van der Waals surface area contributed by atoms with Crippen molar-refractivity contribution >= 4 is 35.0 Å². The van der Waals surface area contributed by atoms with E-state index in [-0.39, 0.29) is 30.1 Å². The first kappa shape index (κ1) is 22.6. The molecule has 0 aliphatic carbocycles. The van der Waals surface area contributed by atoms with Gasteiger partial charge < -0.3 is 14.7 Å². The van der Waals surface area contributed by atoms with Crippen LogP contribution in [0.3, 0.4) is 0 Å². The summed E-state index contributed by atoms with van der Waals surface area (Å²) in [6.07, 6.45) is 1.07. The second-order valence-electron chi connectivity index (χ2n) is 7.90. The van der Waals surface area contributed by atoms with Gasteiger partial charge in [-0.2, -0.15) is 0 Å². The highest BCUT2D eigenvalue weighted by Gasteiger charge is 2.37. The Labute approximate surface area is 183 Å². The molecule has 0 bridgehead atoms. The topological polar surface area (TPSA) is 64.2 Å². The highest BCUT2D eigenvalue weighted by molar-refractivity contribution is 6.30. The number of anilines is 1. The number of carbonyl (C=O) groups is 3. The Morgan fingerprint density at radius 1 is 1.07 bits per heavy atom. The van der Waals surface area contributed by atoms with Gasteiger partial charge in [-0.3, -0.25) is 19.3 Å². The van der Waals surface area contributed by atoms with Gasteiger partial charge in [0.15, 0.2) is 0 Å². The largest absolute Gasteiger partial charge is 0.342 e. The van der Waals surface area contributed by atoms with Crippen LogP contribution in [-0.4, -0.2) is 84.8 Å². The molecule has 1 atom stereocenters. The van der Waals surface area contributed by atoms with E-state index in [2.05, 4.69) is 4.90 Å². The quantitative estimate of drug-likeness (QED) is 0.687. The fourth-order valence-electron chi connectivity index (χ4n) is 4.22. The number of likely N-dealkylation sites (N-methyl/N-ethyl adjacent to an activating group) is 1. The Balaban J connectivity index is 1.55. The van der Waals surface area contributed by atoms with Crippen molar-refractivity contribution in [3.05, 3.63) is 29.3 Å². The van der Waals surface area contributed by atoms with Crippen LogP contribution in [0.5, 0.6) is 0 Å². The van der Waals surface area contributed by atoms with Gasteiger partial charge >= 0.3 is 0 Å². The number of halogens is 1. The molecule has 3 amide bonds. The van der Waals surface area contributed by atoms with Crippen molar-refractivity contribution in [2.45, 2.75) is 26.7 Å². The fraction of sp³-hybridized carbons (Fsp3) is 0.591. The molecular weight excluding hydrogens is 404 g/mol. The molecule has 7 nitrogen and oxygen atoms in total. The van der Waals surface area contributed by atoms with Crippen molar-refractivity contribution in [2.75, 3.05) is 57.3 Å². The Morgan fingerprint density at radius 2 is 1.77 bits per heavy atom. The third-order valence-electron chi connectivity index (χ3n) is 5.99. The van der Waals surface area contributed by atoms with Crippen LogP contribution in [-0.2, 0) is 14.4 Å². The lowest BCUT2D eigenvalue weighted by Gasteiger charge is -2.26. The van der Waals surface area contributed by atoms with E-state index in [0.717, 1.165) is 18.7 Å². The first-order chi connectivity index (χ1) is 14.4. The minimum absolute atomic E-state index is 0.0306. The molecule has 0 radical (unpaired) electrons. The van der Waals surface area contributed by atoms with Crippen LogP contribution in [0, 0.1) is 5.92 Å². The molecule has 1 aromatic carbocycles. The van der Waals surface area contributed by atoms with Gasteiger partial charge in [0.2, 0.25) is 17.7 Å². The standard InChI is InChI=1S/C22H31ClN4O3/c1-3-25(4-2)21(29)16-24-10-5-11-26(13-12-24)22(30)17-14-20(28)27(15-17)19-8-6-18(23)7-9-19/h6-9,17H,3-5,10-16H2,1-2H3. The zero-order chi connectivity index (χ0) is 21.7. The Bertz CT molecular complexity index is 766. The van der Waals surface area contributed by atoms with Gasteiger partial charge in [-0.25, -0.2) is 0 Å². The molecule has 2 aliphatic rings. The van der Waals surface area contributed by atoms with Crippen LogP contribution >= 0.6 is 11.6 Å². The minimum atomic E-state index is -0.322. The summed E-state index contributed by atoms with van der Waals surface area (Å²) in [7, 11) is 0. The molecule has 8 heteroatoms. The number of amides is 3. The molecule has 0 saturated carbocycles. The number of hydrogen-bond acceptors (Lipinski definition) is 4. The third kappa shape index (κ3) is 5.32. The summed E-state index contributed by atoms with van der Waals surface area (Å²) in [5.74, 6) is -0.175. The van der Waals surface area contributed by atoms with E-state index in [1.54, 1.807) is 17.0 Å². The van der Waals surface area contributed by atoms with Gasteiger partial charge in [-0.05, 0) is 44.5 Å².